The Morgan fingerprint density at radius 2 is 1.96 bits per heavy atom. The Balaban J connectivity index is 1.62. The first-order chi connectivity index (χ1) is 13.4. The lowest BCUT2D eigenvalue weighted by Gasteiger charge is -2.35. The van der Waals surface area contributed by atoms with E-state index in [1.807, 2.05) is 6.92 Å². The number of methoxy groups -OCH3 is 1. The van der Waals surface area contributed by atoms with E-state index in [1.54, 1.807) is 30.2 Å². The Hall–Kier alpha value is -1.68. The fourth-order valence-corrected chi connectivity index (χ4v) is 4.96. The van der Waals surface area contributed by atoms with Crippen LogP contribution in [0.1, 0.15) is 18.4 Å². The predicted molar refractivity (Wildman–Crippen MR) is 103 cm³/mol. The second kappa shape index (κ2) is 9.21. The molecule has 156 valence electrons. The Morgan fingerprint density at radius 3 is 2.57 bits per heavy atom. The van der Waals surface area contributed by atoms with Gasteiger partial charge >= 0.3 is 0 Å². The van der Waals surface area contributed by atoms with Crippen molar-refractivity contribution in [3.8, 4) is 5.75 Å². The number of piperazine rings is 1. The molecule has 3 rings (SSSR count). The minimum atomic E-state index is -3.61. The highest BCUT2D eigenvalue weighted by Gasteiger charge is 2.34. The van der Waals surface area contributed by atoms with E-state index in [0.29, 0.717) is 38.7 Å². The predicted octanol–water partition coefficient (Wildman–Crippen LogP) is 1.03. The van der Waals surface area contributed by atoms with Gasteiger partial charge in [-0.2, -0.15) is 4.31 Å². The summed E-state index contributed by atoms with van der Waals surface area (Å²) in [5, 5.41) is 0. The summed E-state index contributed by atoms with van der Waals surface area (Å²) in [4.78, 5) is 14.4. The van der Waals surface area contributed by atoms with Crippen molar-refractivity contribution in [1.29, 1.82) is 0 Å². The van der Waals surface area contributed by atoms with Gasteiger partial charge in [-0.25, -0.2) is 8.42 Å². The maximum absolute atomic E-state index is 13.0. The summed E-state index contributed by atoms with van der Waals surface area (Å²) in [7, 11) is -2.01. The van der Waals surface area contributed by atoms with E-state index in [2.05, 4.69) is 0 Å². The lowest BCUT2D eigenvalue weighted by atomic mass is 10.2. The summed E-state index contributed by atoms with van der Waals surface area (Å²) < 4.78 is 43.4. The molecule has 1 atom stereocenters. The van der Waals surface area contributed by atoms with E-state index in [0.717, 1.165) is 18.4 Å². The number of aryl methyl sites for hydroxylation is 1. The van der Waals surface area contributed by atoms with Gasteiger partial charge in [0.2, 0.25) is 10.0 Å². The summed E-state index contributed by atoms with van der Waals surface area (Å²) in [6, 6.07) is 4.87. The molecule has 2 saturated heterocycles. The normalized spacial score (nSPS) is 21.1. The highest BCUT2D eigenvalue weighted by Crippen LogP contribution is 2.25. The highest BCUT2D eigenvalue weighted by atomic mass is 32.2. The smallest absolute Gasteiger partial charge is 0.251 e. The Bertz CT molecular complexity index is 784. The molecule has 0 aromatic heterocycles. The van der Waals surface area contributed by atoms with Crippen LogP contribution in [-0.4, -0.2) is 82.7 Å². The van der Waals surface area contributed by atoms with Crippen LogP contribution in [-0.2, 0) is 24.3 Å². The van der Waals surface area contributed by atoms with Crippen LogP contribution in [0, 0.1) is 6.92 Å². The summed E-state index contributed by atoms with van der Waals surface area (Å²) >= 11 is 0. The molecule has 1 aromatic rings. The quantitative estimate of drug-likeness (QED) is 0.622. The Labute approximate surface area is 166 Å². The van der Waals surface area contributed by atoms with Crippen LogP contribution in [0.25, 0.3) is 0 Å². The third-order valence-electron chi connectivity index (χ3n) is 5.08. The third-order valence-corrected chi connectivity index (χ3v) is 6.98. The maximum Gasteiger partial charge on any atom is 0.251 e. The van der Waals surface area contributed by atoms with E-state index in [4.69, 9.17) is 14.2 Å². The van der Waals surface area contributed by atoms with Crippen LogP contribution in [0.3, 0.4) is 0 Å². The first-order valence-electron chi connectivity index (χ1n) is 9.56. The van der Waals surface area contributed by atoms with Crippen molar-refractivity contribution in [3.05, 3.63) is 23.8 Å². The van der Waals surface area contributed by atoms with Gasteiger partial charge in [-0.1, -0.05) is 0 Å². The zero-order valence-electron chi connectivity index (χ0n) is 16.4. The van der Waals surface area contributed by atoms with E-state index in [1.165, 1.54) is 4.31 Å². The lowest BCUT2D eigenvalue weighted by molar-refractivity contribution is -0.142. The molecule has 0 radical (unpaired) electrons. The highest BCUT2D eigenvalue weighted by molar-refractivity contribution is 7.89. The number of carbonyl (C=O) groups excluding carboxylic acids is 1. The average Bonchev–Trinajstić information content (AvgIpc) is 3.23. The molecule has 28 heavy (non-hydrogen) atoms. The molecular formula is C19H28N2O6S. The summed E-state index contributed by atoms with van der Waals surface area (Å²) in [6.07, 6.45) is 1.28. The van der Waals surface area contributed by atoms with Crippen molar-refractivity contribution < 1.29 is 27.4 Å². The lowest BCUT2D eigenvalue weighted by Crippen LogP contribution is -2.52. The van der Waals surface area contributed by atoms with Crippen LogP contribution in [0.4, 0.5) is 0 Å². The van der Waals surface area contributed by atoms with Gasteiger partial charge in [0.25, 0.3) is 5.91 Å². The van der Waals surface area contributed by atoms with E-state index < -0.39 is 10.0 Å². The summed E-state index contributed by atoms with van der Waals surface area (Å²) in [6.45, 7) is 4.65. The molecule has 2 fully saturated rings. The van der Waals surface area contributed by atoms with E-state index in [9.17, 15) is 13.2 Å². The molecular weight excluding hydrogens is 384 g/mol. The minimum absolute atomic E-state index is 0.0250. The zero-order valence-corrected chi connectivity index (χ0v) is 17.2. The molecule has 0 aliphatic carbocycles. The molecule has 2 aliphatic heterocycles. The number of hydrogen-bond acceptors (Lipinski definition) is 6. The molecule has 0 saturated carbocycles. The topological polar surface area (TPSA) is 85.4 Å². The van der Waals surface area contributed by atoms with Crippen molar-refractivity contribution >= 4 is 15.9 Å². The molecule has 2 aliphatic rings. The number of ether oxygens (including phenoxy) is 3. The number of carbonyl (C=O) groups is 1. The number of sulfonamides is 1. The minimum Gasteiger partial charge on any atom is -0.491 e. The van der Waals surface area contributed by atoms with Gasteiger partial charge in [0, 0.05) is 39.9 Å². The van der Waals surface area contributed by atoms with Crippen LogP contribution >= 0.6 is 0 Å². The second-order valence-electron chi connectivity index (χ2n) is 7.00. The van der Waals surface area contributed by atoms with E-state index in [-0.39, 0.29) is 30.0 Å². The number of benzene rings is 1. The average molecular weight is 413 g/mol. The van der Waals surface area contributed by atoms with Crippen LogP contribution < -0.4 is 4.74 Å². The number of amides is 1. The van der Waals surface area contributed by atoms with Gasteiger partial charge in [0.1, 0.15) is 18.5 Å². The largest absolute Gasteiger partial charge is 0.491 e. The molecule has 9 heteroatoms. The molecule has 2 heterocycles. The number of rotatable bonds is 7. The zero-order chi connectivity index (χ0) is 20.1. The molecule has 0 bridgehead atoms. The monoisotopic (exact) mass is 412 g/mol. The molecule has 1 amide bonds. The van der Waals surface area contributed by atoms with Crippen LogP contribution in [0.5, 0.6) is 5.75 Å². The Morgan fingerprint density at radius 1 is 1.21 bits per heavy atom. The Kier molecular flexibility index (Phi) is 6.92. The first kappa shape index (κ1) is 21.0. The standard InChI is InChI=1S/C19H28N2O6S/c1-15-14-16(5-6-17(15)27-13-12-25-2)28(23,24)21-9-7-20(8-10-21)19(22)18-4-3-11-26-18/h5-6,14,18H,3-4,7-13H2,1-2H3. The number of hydrogen-bond donors (Lipinski definition) is 0. The molecule has 1 unspecified atom stereocenters. The third kappa shape index (κ3) is 4.65. The second-order valence-corrected chi connectivity index (χ2v) is 8.94. The van der Waals surface area contributed by atoms with Crippen molar-refractivity contribution in [2.24, 2.45) is 0 Å². The number of nitrogens with zero attached hydrogens (tertiary/aromatic N) is 2. The van der Waals surface area contributed by atoms with Crippen molar-refractivity contribution in [2.75, 3.05) is 53.1 Å². The van der Waals surface area contributed by atoms with Crippen LogP contribution in [0.2, 0.25) is 0 Å². The molecule has 0 N–H and O–H groups in total. The van der Waals surface area contributed by atoms with Crippen molar-refractivity contribution in [2.45, 2.75) is 30.8 Å². The fraction of sp³-hybridized carbons (Fsp3) is 0.632. The van der Waals surface area contributed by atoms with Crippen molar-refractivity contribution in [1.82, 2.24) is 9.21 Å². The van der Waals surface area contributed by atoms with Gasteiger partial charge in [-0.15, -0.1) is 0 Å². The molecule has 8 nitrogen and oxygen atoms in total. The van der Waals surface area contributed by atoms with Gasteiger partial charge in [0.15, 0.2) is 0 Å². The van der Waals surface area contributed by atoms with Gasteiger partial charge in [0.05, 0.1) is 11.5 Å². The SMILES string of the molecule is COCCOc1ccc(S(=O)(=O)N2CCN(C(=O)C3CCCO3)CC2)cc1C. The van der Waals surface area contributed by atoms with Gasteiger partial charge in [-0.05, 0) is 43.5 Å². The maximum atomic E-state index is 13.0. The van der Waals surface area contributed by atoms with E-state index >= 15 is 0 Å². The fourth-order valence-electron chi connectivity index (χ4n) is 3.45. The summed E-state index contributed by atoms with van der Waals surface area (Å²) in [5.41, 5.74) is 0.754. The van der Waals surface area contributed by atoms with Crippen molar-refractivity contribution in [3.63, 3.8) is 0 Å². The molecule has 0 spiro atoms. The van der Waals surface area contributed by atoms with Gasteiger partial charge < -0.3 is 19.1 Å². The first-order valence-corrected chi connectivity index (χ1v) is 11.0. The van der Waals surface area contributed by atoms with Gasteiger partial charge in [-0.3, -0.25) is 4.79 Å². The molecule has 1 aromatic carbocycles. The van der Waals surface area contributed by atoms with Crippen LogP contribution in [0.15, 0.2) is 23.1 Å². The summed E-state index contributed by atoms with van der Waals surface area (Å²) in [5.74, 6) is 0.617.